The minimum absolute atomic E-state index is 0.143. The highest BCUT2D eigenvalue weighted by Crippen LogP contribution is 2.34. The third-order valence-electron chi connectivity index (χ3n) is 5.36. The standard InChI is InChI=1S/C22H27FN4O2.C2H4O2.2C2H6/c1-5-27(6-2)10-9-24-22(29)20-13(3)19(25-14(20)4)12-17-16-11-15(23)7-8-18(16)26-21(17)28;1-2(3)4;2*1-2/h7-8,11-12,25H,5-6,9-10H2,1-4H3,(H,24,29)(H,26,28);1H3,(H,3,4);2*1-2H3/b17-12-;;;. The lowest BCUT2D eigenvalue weighted by molar-refractivity contribution is -0.134. The molecule has 8 nitrogen and oxygen atoms in total. The number of carbonyl (C=O) groups is 3. The Balaban J connectivity index is 0.00000145. The van der Waals surface area contributed by atoms with Gasteiger partial charge in [0.1, 0.15) is 5.82 Å². The van der Waals surface area contributed by atoms with Crippen LogP contribution in [0.5, 0.6) is 0 Å². The van der Waals surface area contributed by atoms with Gasteiger partial charge in [-0.15, -0.1) is 0 Å². The molecular formula is C28H43FN4O4. The van der Waals surface area contributed by atoms with Crippen molar-refractivity contribution in [1.29, 1.82) is 0 Å². The Morgan fingerprint density at radius 3 is 2.22 bits per heavy atom. The number of hydrogen-bond acceptors (Lipinski definition) is 4. The van der Waals surface area contributed by atoms with Gasteiger partial charge in [0.25, 0.3) is 17.8 Å². The molecule has 0 spiro atoms. The highest BCUT2D eigenvalue weighted by atomic mass is 19.1. The van der Waals surface area contributed by atoms with Crippen LogP contribution in [-0.2, 0) is 9.59 Å². The van der Waals surface area contributed by atoms with Gasteiger partial charge < -0.3 is 25.6 Å². The zero-order valence-corrected chi connectivity index (χ0v) is 23.6. The molecule has 0 unspecified atom stereocenters. The maximum Gasteiger partial charge on any atom is 0.300 e. The molecule has 3 rings (SSSR count). The minimum Gasteiger partial charge on any atom is -0.481 e. The van der Waals surface area contributed by atoms with Crippen LogP contribution in [-0.4, -0.2) is 59.0 Å². The summed E-state index contributed by atoms with van der Waals surface area (Å²) in [5, 5.41) is 13.1. The largest absolute Gasteiger partial charge is 0.481 e. The van der Waals surface area contributed by atoms with Crippen molar-refractivity contribution in [3.8, 4) is 0 Å². The number of H-pyrrole nitrogens is 1. The number of aromatic amines is 1. The number of hydrogen-bond donors (Lipinski definition) is 4. The zero-order chi connectivity index (χ0) is 28.7. The van der Waals surface area contributed by atoms with E-state index in [2.05, 4.69) is 34.4 Å². The van der Waals surface area contributed by atoms with Crippen molar-refractivity contribution in [1.82, 2.24) is 15.2 Å². The molecule has 0 fully saturated rings. The lowest BCUT2D eigenvalue weighted by Crippen LogP contribution is -2.35. The van der Waals surface area contributed by atoms with Crippen molar-refractivity contribution in [2.75, 3.05) is 31.5 Å². The number of nitrogens with one attached hydrogen (secondary N) is 3. The van der Waals surface area contributed by atoms with Crippen molar-refractivity contribution in [2.24, 2.45) is 0 Å². The summed E-state index contributed by atoms with van der Waals surface area (Å²) < 4.78 is 13.7. The molecule has 1 aromatic heterocycles. The molecule has 9 heteroatoms. The summed E-state index contributed by atoms with van der Waals surface area (Å²) in [4.78, 5) is 39.5. The quantitative estimate of drug-likeness (QED) is 0.363. The van der Waals surface area contributed by atoms with E-state index in [0.29, 0.717) is 34.6 Å². The Bertz CT molecular complexity index is 1070. The molecule has 206 valence electrons. The molecule has 1 aromatic carbocycles. The number of carboxylic acid groups (broad SMARTS) is 1. The third kappa shape index (κ3) is 9.84. The Labute approximate surface area is 220 Å². The number of amides is 2. The number of carboxylic acids is 1. The number of rotatable bonds is 7. The van der Waals surface area contributed by atoms with E-state index in [9.17, 15) is 14.0 Å². The predicted molar refractivity (Wildman–Crippen MR) is 149 cm³/mol. The molecule has 0 saturated heterocycles. The molecular weight excluding hydrogens is 475 g/mol. The zero-order valence-electron chi connectivity index (χ0n) is 23.6. The van der Waals surface area contributed by atoms with Gasteiger partial charge in [-0.3, -0.25) is 14.4 Å². The fourth-order valence-electron chi connectivity index (χ4n) is 3.66. The number of aryl methyl sites for hydroxylation is 1. The van der Waals surface area contributed by atoms with Gasteiger partial charge in [-0.2, -0.15) is 0 Å². The van der Waals surface area contributed by atoms with Gasteiger partial charge >= 0.3 is 0 Å². The maximum absolute atomic E-state index is 13.7. The number of fused-ring (bicyclic) bond motifs is 1. The van der Waals surface area contributed by atoms with Gasteiger partial charge in [0.15, 0.2) is 0 Å². The summed E-state index contributed by atoms with van der Waals surface area (Å²) in [5.41, 5.74) is 4.20. The van der Waals surface area contributed by atoms with Gasteiger partial charge in [-0.1, -0.05) is 41.5 Å². The number of aliphatic carboxylic acids is 1. The first-order chi connectivity index (χ1) is 17.6. The summed E-state index contributed by atoms with van der Waals surface area (Å²) in [7, 11) is 0. The van der Waals surface area contributed by atoms with Crippen molar-refractivity contribution in [2.45, 2.75) is 62.3 Å². The maximum atomic E-state index is 13.7. The summed E-state index contributed by atoms with van der Waals surface area (Å²) in [5.74, 6) is -1.67. The van der Waals surface area contributed by atoms with Crippen LogP contribution in [0.4, 0.5) is 10.1 Å². The number of nitrogens with zero attached hydrogens (tertiary/aromatic N) is 1. The molecule has 4 N–H and O–H groups in total. The Morgan fingerprint density at radius 1 is 1.11 bits per heavy atom. The first kappa shape index (κ1) is 33.5. The van der Waals surface area contributed by atoms with E-state index in [1.807, 2.05) is 41.5 Å². The van der Waals surface area contributed by atoms with Crippen molar-refractivity contribution < 1.29 is 23.9 Å². The summed E-state index contributed by atoms with van der Waals surface area (Å²) >= 11 is 0. The molecule has 0 aliphatic carbocycles. The van der Waals surface area contributed by atoms with Gasteiger partial charge in [0.05, 0.1) is 11.1 Å². The normalized spacial score (nSPS) is 12.3. The number of aromatic nitrogens is 1. The van der Waals surface area contributed by atoms with Gasteiger partial charge in [-0.05, 0) is 56.8 Å². The second-order valence-corrected chi connectivity index (χ2v) is 7.67. The second kappa shape index (κ2) is 17.1. The van der Waals surface area contributed by atoms with E-state index in [1.165, 1.54) is 12.1 Å². The molecule has 2 aromatic rings. The monoisotopic (exact) mass is 518 g/mol. The van der Waals surface area contributed by atoms with E-state index in [1.54, 1.807) is 12.1 Å². The van der Waals surface area contributed by atoms with Crippen LogP contribution in [0.15, 0.2) is 18.2 Å². The summed E-state index contributed by atoms with van der Waals surface area (Å²) in [6.45, 7) is 20.2. The smallest absolute Gasteiger partial charge is 0.300 e. The fraction of sp³-hybridized carbons (Fsp3) is 0.464. The molecule has 1 aliphatic heterocycles. The van der Waals surface area contributed by atoms with Crippen LogP contribution in [0.2, 0.25) is 0 Å². The number of benzene rings is 1. The Morgan fingerprint density at radius 2 is 1.68 bits per heavy atom. The fourth-order valence-corrected chi connectivity index (χ4v) is 3.66. The van der Waals surface area contributed by atoms with Crippen LogP contribution in [0, 0.1) is 19.7 Å². The molecule has 2 heterocycles. The van der Waals surface area contributed by atoms with Gasteiger partial charge in [0, 0.05) is 42.7 Å². The number of carbonyl (C=O) groups excluding carboxylic acids is 2. The molecule has 0 radical (unpaired) electrons. The van der Waals surface area contributed by atoms with Crippen LogP contribution < -0.4 is 10.6 Å². The first-order valence-electron chi connectivity index (χ1n) is 12.8. The topological polar surface area (TPSA) is 115 Å². The van der Waals surface area contributed by atoms with E-state index in [0.717, 1.165) is 37.8 Å². The molecule has 1 aliphatic rings. The van der Waals surface area contributed by atoms with E-state index in [-0.39, 0.29) is 11.8 Å². The Kier molecular flexibility index (Phi) is 15.5. The van der Waals surface area contributed by atoms with Crippen LogP contribution in [0.25, 0.3) is 11.6 Å². The first-order valence-corrected chi connectivity index (χ1v) is 12.8. The predicted octanol–water partition coefficient (Wildman–Crippen LogP) is 5.48. The highest BCUT2D eigenvalue weighted by Gasteiger charge is 2.26. The molecule has 0 saturated carbocycles. The summed E-state index contributed by atoms with van der Waals surface area (Å²) in [6, 6.07) is 4.20. The molecule has 2 amide bonds. The Hall–Kier alpha value is -3.46. The lowest BCUT2D eigenvalue weighted by atomic mass is 10.0. The number of halogens is 1. The van der Waals surface area contributed by atoms with E-state index < -0.39 is 11.8 Å². The number of anilines is 1. The average Bonchev–Trinajstić information content (AvgIpc) is 3.33. The number of likely N-dealkylation sites (N-methyl/N-ethyl adjacent to an activating group) is 1. The van der Waals surface area contributed by atoms with Crippen molar-refractivity contribution in [3.05, 3.63) is 52.1 Å². The van der Waals surface area contributed by atoms with Crippen LogP contribution in [0.1, 0.15) is 81.3 Å². The SMILES string of the molecule is CC.CC.CC(=O)O.CCN(CC)CCNC(=O)c1c(C)[nH]c(/C=C2\C(=O)Nc3ccc(F)cc32)c1C. The van der Waals surface area contributed by atoms with E-state index >= 15 is 0 Å². The second-order valence-electron chi connectivity index (χ2n) is 7.67. The lowest BCUT2D eigenvalue weighted by Gasteiger charge is -2.18. The van der Waals surface area contributed by atoms with E-state index in [4.69, 9.17) is 9.90 Å². The molecule has 0 bridgehead atoms. The van der Waals surface area contributed by atoms with Gasteiger partial charge in [0.2, 0.25) is 0 Å². The third-order valence-corrected chi connectivity index (χ3v) is 5.36. The van der Waals surface area contributed by atoms with Crippen molar-refractivity contribution in [3.63, 3.8) is 0 Å². The molecule has 37 heavy (non-hydrogen) atoms. The minimum atomic E-state index is -0.833. The van der Waals surface area contributed by atoms with Crippen LogP contribution >= 0.6 is 0 Å². The average molecular weight is 519 g/mol. The summed E-state index contributed by atoms with van der Waals surface area (Å²) in [6.07, 6.45) is 1.68. The van der Waals surface area contributed by atoms with Crippen molar-refractivity contribution >= 4 is 35.1 Å². The molecule has 0 atom stereocenters. The van der Waals surface area contributed by atoms with Crippen LogP contribution in [0.3, 0.4) is 0 Å². The highest BCUT2D eigenvalue weighted by molar-refractivity contribution is 6.34. The van der Waals surface area contributed by atoms with Gasteiger partial charge in [-0.25, -0.2) is 4.39 Å².